The van der Waals surface area contributed by atoms with Gasteiger partial charge in [-0.05, 0) is 26.0 Å². The van der Waals surface area contributed by atoms with E-state index in [2.05, 4.69) is 15.3 Å². The van der Waals surface area contributed by atoms with E-state index in [1.54, 1.807) is 23.3 Å². The third kappa shape index (κ3) is 2.91. The van der Waals surface area contributed by atoms with Gasteiger partial charge in [-0.25, -0.2) is 4.68 Å². The normalized spacial score (nSPS) is 11.1. The predicted molar refractivity (Wildman–Crippen MR) is 65.1 cm³/mol. The Balaban J connectivity index is 2.18. The standard InChI is InChI=1S/C12H16N4O2/c1-3-17-12(18-4-2)11-9-16(15-14-11)10-6-5-7-13-8-10/h5-9,12H,3-4H2,1-2H3. The summed E-state index contributed by atoms with van der Waals surface area (Å²) >= 11 is 0. The van der Waals surface area contributed by atoms with Gasteiger partial charge >= 0.3 is 0 Å². The fourth-order valence-electron chi connectivity index (χ4n) is 1.52. The summed E-state index contributed by atoms with van der Waals surface area (Å²) in [6, 6.07) is 3.75. The Hall–Kier alpha value is -1.79. The molecule has 0 aliphatic heterocycles. The molecule has 0 N–H and O–H groups in total. The van der Waals surface area contributed by atoms with Crippen LogP contribution in [0.5, 0.6) is 0 Å². The molecule has 0 aromatic carbocycles. The van der Waals surface area contributed by atoms with Gasteiger partial charge in [0, 0.05) is 19.4 Å². The summed E-state index contributed by atoms with van der Waals surface area (Å²) in [6.07, 6.45) is 4.75. The molecule has 0 radical (unpaired) electrons. The Labute approximate surface area is 106 Å². The van der Waals surface area contributed by atoms with E-state index in [-0.39, 0.29) is 0 Å². The predicted octanol–water partition coefficient (Wildman–Crippen LogP) is 1.73. The zero-order valence-corrected chi connectivity index (χ0v) is 10.5. The summed E-state index contributed by atoms with van der Waals surface area (Å²) in [7, 11) is 0. The number of nitrogens with zero attached hydrogens (tertiary/aromatic N) is 4. The van der Waals surface area contributed by atoms with Crippen molar-refractivity contribution >= 4 is 0 Å². The molecule has 0 bridgehead atoms. The van der Waals surface area contributed by atoms with Crippen LogP contribution in [0.25, 0.3) is 5.69 Å². The summed E-state index contributed by atoms with van der Waals surface area (Å²) in [5.41, 5.74) is 1.51. The van der Waals surface area contributed by atoms with Crippen LogP contribution in [0.2, 0.25) is 0 Å². The van der Waals surface area contributed by atoms with Crippen molar-refractivity contribution in [2.24, 2.45) is 0 Å². The monoisotopic (exact) mass is 248 g/mol. The molecule has 6 nitrogen and oxygen atoms in total. The van der Waals surface area contributed by atoms with Gasteiger partial charge in [-0.3, -0.25) is 4.98 Å². The topological polar surface area (TPSA) is 62.1 Å². The lowest BCUT2D eigenvalue weighted by atomic mass is 10.4. The first kappa shape index (κ1) is 12.7. The summed E-state index contributed by atoms with van der Waals surface area (Å²) in [5.74, 6) is 0. The van der Waals surface area contributed by atoms with Gasteiger partial charge in [0.1, 0.15) is 5.69 Å². The van der Waals surface area contributed by atoms with E-state index < -0.39 is 6.29 Å². The molecule has 0 saturated carbocycles. The molecule has 0 aliphatic rings. The molecule has 18 heavy (non-hydrogen) atoms. The van der Waals surface area contributed by atoms with Gasteiger partial charge in [0.25, 0.3) is 0 Å². The molecule has 0 atom stereocenters. The minimum absolute atomic E-state index is 0.467. The summed E-state index contributed by atoms with van der Waals surface area (Å²) in [4.78, 5) is 4.04. The number of hydrogen-bond donors (Lipinski definition) is 0. The summed E-state index contributed by atoms with van der Waals surface area (Å²) in [5, 5.41) is 8.10. The van der Waals surface area contributed by atoms with E-state index in [1.165, 1.54) is 0 Å². The third-order valence-electron chi connectivity index (χ3n) is 2.30. The average Bonchev–Trinajstić information content (AvgIpc) is 2.89. The largest absolute Gasteiger partial charge is 0.347 e. The van der Waals surface area contributed by atoms with Crippen LogP contribution in [0.1, 0.15) is 25.8 Å². The quantitative estimate of drug-likeness (QED) is 0.728. The Bertz CT molecular complexity index is 466. The Morgan fingerprint density at radius 3 is 2.67 bits per heavy atom. The van der Waals surface area contributed by atoms with E-state index in [1.807, 2.05) is 26.0 Å². The summed E-state index contributed by atoms with van der Waals surface area (Å²) in [6.45, 7) is 4.95. The van der Waals surface area contributed by atoms with Crippen molar-refractivity contribution in [3.63, 3.8) is 0 Å². The second-order valence-corrected chi connectivity index (χ2v) is 3.54. The highest BCUT2D eigenvalue weighted by Crippen LogP contribution is 2.17. The van der Waals surface area contributed by atoms with Gasteiger partial charge in [-0.2, -0.15) is 0 Å². The van der Waals surface area contributed by atoms with Crippen molar-refractivity contribution in [1.82, 2.24) is 20.0 Å². The van der Waals surface area contributed by atoms with Gasteiger partial charge in [0.15, 0.2) is 0 Å². The lowest BCUT2D eigenvalue weighted by molar-refractivity contribution is -0.142. The van der Waals surface area contributed by atoms with Crippen molar-refractivity contribution in [1.29, 1.82) is 0 Å². The van der Waals surface area contributed by atoms with Crippen LogP contribution in [0, 0.1) is 0 Å². The number of hydrogen-bond acceptors (Lipinski definition) is 5. The van der Waals surface area contributed by atoms with Crippen molar-refractivity contribution in [2.45, 2.75) is 20.1 Å². The third-order valence-corrected chi connectivity index (χ3v) is 2.30. The van der Waals surface area contributed by atoms with Crippen LogP contribution in [-0.4, -0.2) is 33.2 Å². The van der Waals surface area contributed by atoms with Gasteiger partial charge in [-0.15, -0.1) is 5.10 Å². The average molecular weight is 248 g/mol. The molecule has 0 fully saturated rings. The minimum atomic E-state index is -0.467. The van der Waals surface area contributed by atoms with E-state index in [9.17, 15) is 0 Å². The summed E-state index contributed by atoms with van der Waals surface area (Å²) < 4.78 is 12.6. The lowest BCUT2D eigenvalue weighted by Gasteiger charge is -2.13. The molecule has 0 saturated heterocycles. The second-order valence-electron chi connectivity index (χ2n) is 3.54. The fourth-order valence-corrected chi connectivity index (χ4v) is 1.52. The Kier molecular flexibility index (Phi) is 4.38. The molecular formula is C12H16N4O2. The Morgan fingerprint density at radius 2 is 2.06 bits per heavy atom. The van der Waals surface area contributed by atoms with Gasteiger partial charge in [0.05, 0.1) is 18.1 Å². The second kappa shape index (κ2) is 6.23. The molecule has 2 heterocycles. The van der Waals surface area contributed by atoms with Gasteiger partial charge in [-0.1, -0.05) is 5.21 Å². The van der Waals surface area contributed by atoms with Gasteiger partial charge < -0.3 is 9.47 Å². The maximum atomic E-state index is 5.46. The number of ether oxygens (including phenoxy) is 2. The maximum absolute atomic E-state index is 5.46. The van der Waals surface area contributed by atoms with E-state index >= 15 is 0 Å². The molecular weight excluding hydrogens is 232 g/mol. The highest BCUT2D eigenvalue weighted by atomic mass is 16.7. The SMILES string of the molecule is CCOC(OCC)c1cn(-c2cccnc2)nn1. The van der Waals surface area contributed by atoms with Crippen LogP contribution in [0.4, 0.5) is 0 Å². The highest BCUT2D eigenvalue weighted by molar-refractivity contribution is 5.26. The maximum Gasteiger partial charge on any atom is 0.204 e. The molecule has 0 spiro atoms. The van der Waals surface area contributed by atoms with Crippen LogP contribution in [0.15, 0.2) is 30.7 Å². The zero-order chi connectivity index (χ0) is 12.8. The smallest absolute Gasteiger partial charge is 0.204 e. The lowest BCUT2D eigenvalue weighted by Crippen LogP contribution is -2.09. The number of rotatable bonds is 6. The molecule has 2 rings (SSSR count). The zero-order valence-electron chi connectivity index (χ0n) is 10.5. The van der Waals surface area contributed by atoms with E-state index in [0.29, 0.717) is 18.9 Å². The van der Waals surface area contributed by atoms with Crippen molar-refractivity contribution < 1.29 is 9.47 Å². The minimum Gasteiger partial charge on any atom is -0.347 e. The van der Waals surface area contributed by atoms with Crippen LogP contribution < -0.4 is 0 Å². The molecule has 0 unspecified atom stereocenters. The van der Waals surface area contributed by atoms with Crippen molar-refractivity contribution in [2.75, 3.05) is 13.2 Å². The Morgan fingerprint density at radius 1 is 1.28 bits per heavy atom. The fraction of sp³-hybridized carbons (Fsp3) is 0.417. The molecule has 2 aromatic rings. The van der Waals surface area contributed by atoms with Crippen molar-refractivity contribution in [3.05, 3.63) is 36.4 Å². The number of aromatic nitrogens is 4. The molecule has 0 amide bonds. The van der Waals surface area contributed by atoms with E-state index in [0.717, 1.165) is 5.69 Å². The molecule has 96 valence electrons. The molecule has 0 aliphatic carbocycles. The van der Waals surface area contributed by atoms with Crippen LogP contribution >= 0.6 is 0 Å². The number of pyridine rings is 1. The first-order valence-electron chi connectivity index (χ1n) is 5.91. The first-order chi connectivity index (χ1) is 8.85. The first-order valence-corrected chi connectivity index (χ1v) is 5.91. The van der Waals surface area contributed by atoms with Crippen molar-refractivity contribution in [3.8, 4) is 5.69 Å². The highest BCUT2D eigenvalue weighted by Gasteiger charge is 2.15. The van der Waals surface area contributed by atoms with E-state index in [4.69, 9.17) is 9.47 Å². The molecule has 6 heteroatoms. The van der Waals surface area contributed by atoms with Crippen LogP contribution in [0.3, 0.4) is 0 Å². The van der Waals surface area contributed by atoms with Gasteiger partial charge in [0.2, 0.25) is 6.29 Å². The molecule has 2 aromatic heterocycles. The van der Waals surface area contributed by atoms with Crippen LogP contribution in [-0.2, 0) is 9.47 Å².